The number of halogens is 2. The first-order valence-corrected chi connectivity index (χ1v) is 15.6. The van der Waals surface area contributed by atoms with Crippen molar-refractivity contribution in [2.75, 3.05) is 0 Å². The number of unbranched alkanes of at least 4 members (excludes halogenated alkanes) is 3. The smallest absolute Gasteiger partial charge is 0.344 e. The molecule has 0 spiro atoms. The van der Waals surface area contributed by atoms with E-state index in [-0.39, 0.29) is 0 Å². The summed E-state index contributed by atoms with van der Waals surface area (Å²) in [7, 11) is 0. The lowest BCUT2D eigenvalue weighted by atomic mass is 9.96. The number of ether oxygens (including phenoxy) is 1. The van der Waals surface area contributed by atoms with E-state index in [1.807, 2.05) is 36.4 Å². The Morgan fingerprint density at radius 1 is 0.829 bits per heavy atom. The highest BCUT2D eigenvalue weighted by Gasteiger charge is 2.22. The molecule has 0 saturated carbocycles. The molecule has 1 N–H and O–H groups in total. The van der Waals surface area contributed by atoms with E-state index >= 15 is 0 Å². The maximum absolute atomic E-state index is 11.9. The second-order valence-electron chi connectivity index (χ2n) is 10.2. The van der Waals surface area contributed by atoms with Crippen molar-refractivity contribution in [2.45, 2.75) is 51.6 Å². The zero-order valence-corrected chi connectivity index (χ0v) is 26.1. The lowest BCUT2D eigenvalue weighted by Gasteiger charge is -2.18. The summed E-state index contributed by atoms with van der Waals surface area (Å²) >= 11 is 7.24. The summed E-state index contributed by atoms with van der Waals surface area (Å²) in [5, 5.41) is 10.8. The third-order valence-corrected chi connectivity index (χ3v) is 8.41. The van der Waals surface area contributed by atoms with E-state index in [1.54, 1.807) is 0 Å². The molecule has 1 atom stereocenters. The Kier molecular flexibility index (Phi) is 9.63. The number of aliphatic carboxylic acids is 1. The van der Waals surface area contributed by atoms with Gasteiger partial charge in [0.05, 0.1) is 8.95 Å². The molecule has 1 heterocycles. The Morgan fingerprint density at radius 2 is 1.49 bits per heavy atom. The van der Waals surface area contributed by atoms with E-state index < -0.39 is 12.1 Å². The van der Waals surface area contributed by atoms with Crippen molar-refractivity contribution < 1.29 is 19.1 Å². The first kappa shape index (κ1) is 29.2. The van der Waals surface area contributed by atoms with Crippen molar-refractivity contribution in [3.63, 3.8) is 0 Å². The van der Waals surface area contributed by atoms with Gasteiger partial charge in [-0.25, -0.2) is 4.79 Å². The molecule has 5 aromatic rings. The molecule has 210 valence electrons. The molecule has 4 nitrogen and oxygen atoms in total. The van der Waals surface area contributed by atoms with E-state index in [9.17, 15) is 9.90 Å². The molecule has 0 aliphatic rings. The second-order valence-corrected chi connectivity index (χ2v) is 11.9. The molecule has 1 aromatic heterocycles. The first-order valence-electron chi connectivity index (χ1n) is 14.0. The minimum atomic E-state index is -0.946. The highest BCUT2D eigenvalue weighted by atomic mass is 79.9. The van der Waals surface area contributed by atoms with Gasteiger partial charge in [0.1, 0.15) is 17.1 Å². The van der Waals surface area contributed by atoms with Crippen molar-refractivity contribution >= 4 is 48.8 Å². The number of fused-ring (bicyclic) bond motifs is 1. The molecule has 0 fully saturated rings. The Balaban J connectivity index is 1.40. The second kappa shape index (κ2) is 13.5. The highest BCUT2D eigenvalue weighted by molar-refractivity contribution is 9.11. The van der Waals surface area contributed by atoms with Crippen LogP contribution in [0.15, 0.2) is 104 Å². The number of carboxylic acid groups (broad SMARTS) is 1. The molecular weight excluding hydrogens is 644 g/mol. The molecule has 1 unspecified atom stereocenters. The van der Waals surface area contributed by atoms with Gasteiger partial charge in [0.15, 0.2) is 6.10 Å². The summed E-state index contributed by atoms with van der Waals surface area (Å²) in [5.74, 6) is 0.502. The van der Waals surface area contributed by atoms with Gasteiger partial charge in [0, 0.05) is 17.4 Å². The number of benzene rings is 4. The van der Waals surface area contributed by atoms with Gasteiger partial charge in [-0.1, -0.05) is 99.0 Å². The quantitative estimate of drug-likeness (QED) is 0.134. The Morgan fingerprint density at radius 3 is 2.17 bits per heavy atom. The molecule has 0 aliphatic carbocycles. The van der Waals surface area contributed by atoms with Crippen LogP contribution in [0.4, 0.5) is 0 Å². The number of carbonyl (C=O) groups is 1. The van der Waals surface area contributed by atoms with Crippen molar-refractivity contribution in [2.24, 2.45) is 0 Å². The molecule has 6 heteroatoms. The zero-order chi connectivity index (χ0) is 28.8. The summed E-state index contributed by atoms with van der Waals surface area (Å²) in [5.41, 5.74) is 6.31. The lowest BCUT2D eigenvalue weighted by molar-refractivity contribution is -0.145. The van der Waals surface area contributed by atoms with Crippen LogP contribution in [0.3, 0.4) is 0 Å². The standard InChI is InChI=1S/C35H32Br2O4/c1-2-3-4-8-15-31(35(38)39)41-34-28(36)21-26(22-29(34)37)24-16-18-25(19-17-24)33-27-13-9-10-14-30(27)40-32(33)20-23-11-6-5-7-12-23/h5-7,9-14,16-19,21-22,31H,2-4,8,15,20H2,1H3,(H,38,39). The van der Waals surface area contributed by atoms with Crippen LogP contribution in [-0.4, -0.2) is 17.2 Å². The summed E-state index contributed by atoms with van der Waals surface area (Å²) in [6.45, 7) is 2.14. The fraction of sp³-hybridized carbons (Fsp3) is 0.229. The van der Waals surface area contributed by atoms with Crippen LogP contribution < -0.4 is 4.74 Å². The van der Waals surface area contributed by atoms with Gasteiger partial charge < -0.3 is 14.3 Å². The van der Waals surface area contributed by atoms with Gasteiger partial charge in [-0.3, -0.25) is 0 Å². The van der Waals surface area contributed by atoms with Crippen LogP contribution in [0.25, 0.3) is 33.2 Å². The van der Waals surface area contributed by atoms with Crippen molar-refractivity contribution in [1.82, 2.24) is 0 Å². The minimum absolute atomic E-state index is 0.479. The third-order valence-electron chi connectivity index (χ3n) is 7.24. The van der Waals surface area contributed by atoms with Crippen molar-refractivity contribution in [3.8, 4) is 28.0 Å². The van der Waals surface area contributed by atoms with Crippen LogP contribution in [-0.2, 0) is 11.2 Å². The monoisotopic (exact) mass is 674 g/mol. The maximum atomic E-state index is 11.9. The average Bonchev–Trinajstić information content (AvgIpc) is 3.34. The maximum Gasteiger partial charge on any atom is 0.344 e. The number of para-hydroxylation sites is 1. The molecule has 0 bridgehead atoms. The molecule has 0 amide bonds. The van der Waals surface area contributed by atoms with E-state index in [0.717, 1.165) is 64.7 Å². The van der Waals surface area contributed by atoms with Crippen LogP contribution >= 0.6 is 31.9 Å². The fourth-order valence-corrected chi connectivity index (χ4v) is 6.49. The lowest BCUT2D eigenvalue weighted by Crippen LogP contribution is -2.27. The number of hydrogen-bond donors (Lipinski definition) is 1. The number of rotatable bonds is 12. The van der Waals surface area contributed by atoms with Gasteiger partial charge in [0.25, 0.3) is 0 Å². The molecule has 0 radical (unpaired) electrons. The summed E-state index contributed by atoms with van der Waals surface area (Å²) in [6, 6.07) is 30.9. The van der Waals surface area contributed by atoms with Crippen LogP contribution in [0, 0.1) is 0 Å². The van der Waals surface area contributed by atoms with Gasteiger partial charge in [0.2, 0.25) is 0 Å². The van der Waals surface area contributed by atoms with E-state index in [1.165, 1.54) is 5.56 Å². The molecule has 41 heavy (non-hydrogen) atoms. The van der Waals surface area contributed by atoms with Gasteiger partial charge in [-0.2, -0.15) is 0 Å². The topological polar surface area (TPSA) is 59.7 Å². The van der Waals surface area contributed by atoms with Gasteiger partial charge in [-0.05, 0) is 85.2 Å². The Hall–Kier alpha value is -3.35. The number of hydrogen-bond acceptors (Lipinski definition) is 3. The largest absolute Gasteiger partial charge is 0.479 e. The molecule has 0 saturated heterocycles. The number of furan rings is 1. The Bertz CT molecular complexity index is 1600. The van der Waals surface area contributed by atoms with Crippen LogP contribution in [0.5, 0.6) is 5.75 Å². The van der Waals surface area contributed by atoms with Crippen LogP contribution in [0.1, 0.15) is 50.4 Å². The number of carboxylic acids is 1. The summed E-state index contributed by atoms with van der Waals surface area (Å²) < 4.78 is 13.7. The van der Waals surface area contributed by atoms with Gasteiger partial charge >= 0.3 is 5.97 Å². The predicted molar refractivity (Wildman–Crippen MR) is 173 cm³/mol. The normalized spacial score (nSPS) is 12.0. The summed E-state index contributed by atoms with van der Waals surface area (Å²) in [4.78, 5) is 11.9. The first-order chi connectivity index (χ1) is 19.9. The predicted octanol–water partition coefficient (Wildman–Crippen LogP) is 10.7. The van der Waals surface area contributed by atoms with Gasteiger partial charge in [-0.15, -0.1) is 0 Å². The van der Waals surface area contributed by atoms with Crippen molar-refractivity contribution in [1.29, 1.82) is 0 Å². The third kappa shape index (κ3) is 6.94. The zero-order valence-electron chi connectivity index (χ0n) is 22.9. The minimum Gasteiger partial charge on any atom is -0.479 e. The fourth-order valence-electron chi connectivity index (χ4n) is 5.12. The molecule has 4 aromatic carbocycles. The average molecular weight is 676 g/mol. The van der Waals surface area contributed by atoms with E-state index in [2.05, 4.69) is 93.4 Å². The van der Waals surface area contributed by atoms with E-state index in [0.29, 0.717) is 27.5 Å². The summed E-state index contributed by atoms with van der Waals surface area (Å²) in [6.07, 6.45) is 4.33. The molecule has 5 rings (SSSR count). The van der Waals surface area contributed by atoms with Crippen LogP contribution in [0.2, 0.25) is 0 Å². The molecule has 0 aliphatic heterocycles. The Labute approximate surface area is 257 Å². The van der Waals surface area contributed by atoms with Crippen molar-refractivity contribution in [3.05, 3.63) is 111 Å². The SMILES string of the molecule is CCCCCCC(Oc1c(Br)cc(-c2ccc(-c3c(Cc4ccccc4)oc4ccccc34)cc2)cc1Br)C(=O)O. The highest BCUT2D eigenvalue weighted by Crippen LogP contribution is 2.41. The molecular formula is C35H32Br2O4. The van der Waals surface area contributed by atoms with E-state index in [4.69, 9.17) is 9.15 Å².